The van der Waals surface area contributed by atoms with Crippen LogP contribution in [-0.4, -0.2) is 57.1 Å². The summed E-state index contributed by atoms with van der Waals surface area (Å²) >= 11 is 0. The molecule has 3 rings (SSSR count). The van der Waals surface area contributed by atoms with E-state index in [1.54, 1.807) is 18.5 Å². The normalized spacial score (nSPS) is 16.4. The van der Waals surface area contributed by atoms with Gasteiger partial charge < -0.3 is 4.90 Å². The number of hydrogen-bond acceptors (Lipinski definition) is 4. The minimum Gasteiger partial charge on any atom is -0.336 e. The van der Waals surface area contributed by atoms with E-state index in [1.165, 1.54) is 11.3 Å². The number of carbonyl (C=O) groups excluding carboxylic acids is 1. The van der Waals surface area contributed by atoms with E-state index in [9.17, 15) is 4.79 Å². The molecule has 2 aromatic rings. The smallest absolute Gasteiger partial charge is 0.255 e. The zero-order valence-electron chi connectivity index (χ0n) is 14.6. The van der Waals surface area contributed by atoms with Crippen LogP contribution in [0.25, 0.3) is 0 Å². The van der Waals surface area contributed by atoms with Gasteiger partial charge in [-0.1, -0.05) is 20.8 Å². The van der Waals surface area contributed by atoms with Gasteiger partial charge in [0.2, 0.25) is 0 Å². The van der Waals surface area contributed by atoms with Gasteiger partial charge in [-0.05, 0) is 12.1 Å². The summed E-state index contributed by atoms with van der Waals surface area (Å²) < 4.78 is 0. The van der Waals surface area contributed by atoms with E-state index < -0.39 is 0 Å². The molecule has 1 aliphatic rings. The van der Waals surface area contributed by atoms with Gasteiger partial charge in [0, 0.05) is 61.8 Å². The maximum Gasteiger partial charge on any atom is 0.255 e. The number of amides is 1. The van der Waals surface area contributed by atoms with Gasteiger partial charge in [0.05, 0.1) is 11.8 Å². The molecule has 0 atom stereocenters. The summed E-state index contributed by atoms with van der Waals surface area (Å²) in [5, 5.41) is 7.35. The maximum atomic E-state index is 12.5. The molecule has 0 bridgehead atoms. The molecule has 0 radical (unpaired) electrons. The van der Waals surface area contributed by atoms with Crippen molar-refractivity contribution in [1.82, 2.24) is 25.0 Å². The third kappa shape index (κ3) is 3.64. The molecule has 24 heavy (non-hydrogen) atoms. The standard InChI is InChI=1S/C18H25N5O/c1-18(2,3)16-15(12-20-21-16)13-22-7-9-23(10-8-22)17(24)14-5-4-6-19-11-14/h4-6,11-12H,7-10,13H2,1-3H3,(H,20,21). The van der Waals surface area contributed by atoms with Crippen LogP contribution in [0.4, 0.5) is 0 Å². The largest absolute Gasteiger partial charge is 0.336 e. The molecule has 0 unspecified atom stereocenters. The molecule has 3 heterocycles. The molecule has 1 saturated heterocycles. The van der Waals surface area contributed by atoms with Crippen molar-refractivity contribution in [2.24, 2.45) is 0 Å². The highest BCUT2D eigenvalue weighted by molar-refractivity contribution is 5.93. The summed E-state index contributed by atoms with van der Waals surface area (Å²) in [7, 11) is 0. The Morgan fingerprint density at radius 2 is 1.96 bits per heavy atom. The van der Waals surface area contributed by atoms with E-state index in [0.717, 1.165) is 32.7 Å². The van der Waals surface area contributed by atoms with Crippen LogP contribution in [0.3, 0.4) is 0 Å². The topological polar surface area (TPSA) is 65.1 Å². The van der Waals surface area contributed by atoms with Crippen LogP contribution in [0, 0.1) is 0 Å². The lowest BCUT2D eigenvalue weighted by Gasteiger charge is -2.35. The molecule has 0 aromatic carbocycles. The van der Waals surface area contributed by atoms with Crippen LogP contribution in [-0.2, 0) is 12.0 Å². The Morgan fingerprint density at radius 3 is 2.58 bits per heavy atom. The van der Waals surface area contributed by atoms with Crippen LogP contribution >= 0.6 is 0 Å². The Morgan fingerprint density at radius 1 is 1.21 bits per heavy atom. The third-order valence-corrected chi connectivity index (χ3v) is 4.43. The number of rotatable bonds is 3. The first-order chi connectivity index (χ1) is 11.4. The summed E-state index contributed by atoms with van der Waals surface area (Å²) in [6.07, 6.45) is 5.25. The van der Waals surface area contributed by atoms with E-state index in [-0.39, 0.29) is 11.3 Å². The zero-order valence-corrected chi connectivity index (χ0v) is 14.6. The molecule has 6 heteroatoms. The number of pyridine rings is 1. The van der Waals surface area contributed by atoms with Crippen molar-refractivity contribution < 1.29 is 4.79 Å². The van der Waals surface area contributed by atoms with Crippen molar-refractivity contribution in [3.63, 3.8) is 0 Å². The van der Waals surface area contributed by atoms with Gasteiger partial charge in [0.15, 0.2) is 0 Å². The number of aromatic amines is 1. The van der Waals surface area contributed by atoms with Crippen LogP contribution < -0.4 is 0 Å². The van der Waals surface area contributed by atoms with Crippen LogP contribution in [0.1, 0.15) is 42.4 Å². The minimum atomic E-state index is 0.0595. The molecule has 128 valence electrons. The van der Waals surface area contributed by atoms with Gasteiger partial charge >= 0.3 is 0 Å². The SMILES string of the molecule is CC(C)(C)c1[nH]ncc1CN1CCN(C(=O)c2cccnc2)CC1. The summed E-state index contributed by atoms with van der Waals surface area (Å²) in [4.78, 5) is 20.8. The van der Waals surface area contributed by atoms with E-state index in [4.69, 9.17) is 0 Å². The second kappa shape index (κ2) is 6.73. The first kappa shape index (κ1) is 16.6. The lowest BCUT2D eigenvalue weighted by molar-refractivity contribution is 0.0627. The molecule has 0 saturated carbocycles. The Bertz CT molecular complexity index is 681. The van der Waals surface area contributed by atoms with Crippen molar-refractivity contribution >= 4 is 5.91 Å². The van der Waals surface area contributed by atoms with Crippen LogP contribution in [0.15, 0.2) is 30.7 Å². The van der Waals surface area contributed by atoms with Gasteiger partial charge in [-0.25, -0.2) is 0 Å². The highest BCUT2D eigenvalue weighted by Crippen LogP contribution is 2.24. The molecular formula is C18H25N5O. The Kier molecular flexibility index (Phi) is 4.66. The first-order valence-corrected chi connectivity index (χ1v) is 8.39. The summed E-state index contributed by atoms with van der Waals surface area (Å²) in [6.45, 7) is 10.7. The van der Waals surface area contributed by atoms with E-state index >= 15 is 0 Å². The Balaban J connectivity index is 1.58. The maximum absolute atomic E-state index is 12.5. The van der Waals surface area contributed by atoms with Crippen molar-refractivity contribution in [3.8, 4) is 0 Å². The van der Waals surface area contributed by atoms with Gasteiger partial charge in [-0.15, -0.1) is 0 Å². The molecule has 0 spiro atoms. The highest BCUT2D eigenvalue weighted by atomic mass is 16.2. The second-order valence-corrected chi connectivity index (χ2v) is 7.33. The zero-order chi connectivity index (χ0) is 17.2. The fourth-order valence-corrected chi connectivity index (χ4v) is 3.10. The molecular weight excluding hydrogens is 302 g/mol. The number of aromatic nitrogens is 3. The number of piperazine rings is 1. The molecule has 2 aromatic heterocycles. The lowest BCUT2D eigenvalue weighted by atomic mass is 9.89. The monoisotopic (exact) mass is 327 g/mol. The van der Waals surface area contributed by atoms with E-state index in [2.05, 4.69) is 40.9 Å². The molecule has 1 amide bonds. The Hall–Kier alpha value is -2.21. The number of nitrogens with zero attached hydrogens (tertiary/aromatic N) is 4. The average molecular weight is 327 g/mol. The van der Waals surface area contributed by atoms with E-state index in [1.807, 2.05) is 17.2 Å². The van der Waals surface area contributed by atoms with Gasteiger partial charge in [0.25, 0.3) is 5.91 Å². The van der Waals surface area contributed by atoms with Crippen LogP contribution in [0.2, 0.25) is 0 Å². The average Bonchev–Trinajstić information content (AvgIpc) is 3.04. The summed E-state index contributed by atoms with van der Waals surface area (Å²) in [6, 6.07) is 3.62. The summed E-state index contributed by atoms with van der Waals surface area (Å²) in [5.41, 5.74) is 3.16. The van der Waals surface area contributed by atoms with Crippen LogP contribution in [0.5, 0.6) is 0 Å². The molecule has 1 N–H and O–H groups in total. The van der Waals surface area contributed by atoms with Crippen molar-refractivity contribution in [2.75, 3.05) is 26.2 Å². The number of hydrogen-bond donors (Lipinski definition) is 1. The predicted molar refractivity (Wildman–Crippen MR) is 92.7 cm³/mol. The lowest BCUT2D eigenvalue weighted by Crippen LogP contribution is -2.48. The quantitative estimate of drug-likeness (QED) is 0.937. The highest BCUT2D eigenvalue weighted by Gasteiger charge is 2.25. The molecule has 1 fully saturated rings. The Labute approximate surface area is 142 Å². The van der Waals surface area contributed by atoms with E-state index in [0.29, 0.717) is 5.56 Å². The van der Waals surface area contributed by atoms with Crippen molar-refractivity contribution in [3.05, 3.63) is 47.5 Å². The number of H-pyrrole nitrogens is 1. The second-order valence-electron chi connectivity index (χ2n) is 7.33. The number of nitrogens with one attached hydrogen (secondary N) is 1. The fraction of sp³-hybridized carbons (Fsp3) is 0.500. The molecule has 1 aliphatic heterocycles. The van der Waals surface area contributed by atoms with Gasteiger partial charge in [-0.3, -0.25) is 19.8 Å². The molecule has 6 nitrogen and oxygen atoms in total. The number of carbonyl (C=O) groups is 1. The van der Waals surface area contributed by atoms with Gasteiger partial charge in [-0.2, -0.15) is 5.10 Å². The predicted octanol–water partition coefficient (Wildman–Crippen LogP) is 2.06. The first-order valence-electron chi connectivity index (χ1n) is 8.39. The van der Waals surface area contributed by atoms with Gasteiger partial charge in [0.1, 0.15) is 0 Å². The summed E-state index contributed by atoms with van der Waals surface area (Å²) in [5.74, 6) is 0.0708. The fourth-order valence-electron chi connectivity index (χ4n) is 3.10. The minimum absolute atomic E-state index is 0.0595. The van der Waals surface area contributed by atoms with Crippen molar-refractivity contribution in [1.29, 1.82) is 0 Å². The van der Waals surface area contributed by atoms with Crippen molar-refractivity contribution in [2.45, 2.75) is 32.7 Å². The third-order valence-electron chi connectivity index (χ3n) is 4.43. The molecule has 0 aliphatic carbocycles.